The van der Waals surface area contributed by atoms with Crippen molar-refractivity contribution in [1.29, 1.82) is 0 Å². The number of rotatable bonds is 6. The molecule has 2 unspecified atom stereocenters. The van der Waals surface area contributed by atoms with Crippen molar-refractivity contribution in [1.82, 2.24) is 10.0 Å². The molecule has 1 saturated carbocycles. The molecule has 0 radical (unpaired) electrons. The Morgan fingerprint density at radius 2 is 2.10 bits per heavy atom. The van der Waals surface area contributed by atoms with Gasteiger partial charge in [0.1, 0.15) is 16.4 Å². The largest absolute Gasteiger partial charge is 0.464 e. The lowest BCUT2D eigenvalue weighted by Crippen LogP contribution is -2.41. The Hall–Kier alpha value is -0.890. The zero-order valence-electron chi connectivity index (χ0n) is 12.4. The van der Waals surface area contributed by atoms with Crippen molar-refractivity contribution in [2.75, 3.05) is 13.7 Å². The third kappa shape index (κ3) is 3.15. The van der Waals surface area contributed by atoms with Crippen LogP contribution in [0.3, 0.4) is 0 Å². The first-order valence-corrected chi connectivity index (χ1v) is 8.87. The molecule has 2 aliphatic rings. The molecule has 3 rings (SSSR count). The molecule has 2 N–H and O–H groups in total. The first-order valence-electron chi connectivity index (χ1n) is 7.39. The van der Waals surface area contributed by atoms with Crippen LogP contribution < -0.4 is 10.0 Å². The fourth-order valence-corrected chi connectivity index (χ4v) is 4.43. The fourth-order valence-electron chi connectivity index (χ4n) is 2.94. The Kier molecular flexibility index (Phi) is 4.09. The second-order valence-corrected chi connectivity index (χ2v) is 7.54. The molecule has 0 amide bonds. The lowest BCUT2D eigenvalue weighted by atomic mass is 10.1. The minimum Gasteiger partial charge on any atom is -0.464 e. The number of furan rings is 1. The number of hydrogen-bond acceptors (Lipinski definition) is 5. The number of sulfonamides is 1. The molecule has 1 aromatic rings. The maximum atomic E-state index is 12.6. The summed E-state index contributed by atoms with van der Waals surface area (Å²) >= 11 is 0. The molecule has 2 atom stereocenters. The van der Waals surface area contributed by atoms with E-state index in [1.807, 2.05) is 0 Å². The fraction of sp³-hybridized carbons (Fsp3) is 0.714. The van der Waals surface area contributed by atoms with Gasteiger partial charge in [-0.2, -0.15) is 0 Å². The molecule has 1 aliphatic carbocycles. The number of aryl methyl sites for hydroxylation is 1. The van der Waals surface area contributed by atoms with Crippen molar-refractivity contribution in [2.24, 2.45) is 5.92 Å². The van der Waals surface area contributed by atoms with Crippen LogP contribution in [0.2, 0.25) is 0 Å². The lowest BCUT2D eigenvalue weighted by Gasteiger charge is -2.19. The monoisotopic (exact) mass is 314 g/mol. The third-order valence-corrected chi connectivity index (χ3v) is 5.69. The first-order chi connectivity index (χ1) is 10.0. The van der Waals surface area contributed by atoms with Crippen molar-refractivity contribution in [3.05, 3.63) is 17.6 Å². The summed E-state index contributed by atoms with van der Waals surface area (Å²) in [5, 5.41) is 2.95. The van der Waals surface area contributed by atoms with Crippen LogP contribution in [0.25, 0.3) is 0 Å². The quantitative estimate of drug-likeness (QED) is 0.823. The van der Waals surface area contributed by atoms with Crippen LogP contribution in [0.5, 0.6) is 0 Å². The lowest BCUT2D eigenvalue weighted by molar-refractivity contribution is 0.0848. The van der Waals surface area contributed by atoms with Gasteiger partial charge in [-0.25, -0.2) is 13.1 Å². The van der Waals surface area contributed by atoms with Gasteiger partial charge in [0.25, 0.3) is 0 Å². The summed E-state index contributed by atoms with van der Waals surface area (Å²) in [6.07, 6.45) is 3.05. The van der Waals surface area contributed by atoms with Crippen LogP contribution in [0.4, 0.5) is 0 Å². The summed E-state index contributed by atoms with van der Waals surface area (Å²) in [5.41, 5.74) is 0. The molecule has 0 aromatic carbocycles. The van der Waals surface area contributed by atoms with Crippen molar-refractivity contribution in [2.45, 2.75) is 49.8 Å². The molecule has 2 fully saturated rings. The van der Waals surface area contributed by atoms with E-state index in [0.717, 1.165) is 19.3 Å². The maximum Gasteiger partial charge on any atom is 0.244 e. The van der Waals surface area contributed by atoms with Gasteiger partial charge in [-0.05, 0) is 39.2 Å². The standard InChI is InChI=1S/C14H22N2O4S/c1-9-13(7-11(20-9)8-15-2)21(17,18)16-12-5-6-19-14(12)10-3-4-10/h7,10,12,14-16H,3-6,8H2,1-2H3. The van der Waals surface area contributed by atoms with Crippen LogP contribution in [0, 0.1) is 12.8 Å². The van der Waals surface area contributed by atoms with E-state index >= 15 is 0 Å². The molecule has 1 aromatic heterocycles. The van der Waals surface area contributed by atoms with E-state index in [1.54, 1.807) is 20.0 Å². The van der Waals surface area contributed by atoms with E-state index in [0.29, 0.717) is 30.6 Å². The van der Waals surface area contributed by atoms with Gasteiger partial charge < -0.3 is 14.5 Å². The topological polar surface area (TPSA) is 80.6 Å². The third-order valence-electron chi connectivity index (χ3n) is 4.09. The van der Waals surface area contributed by atoms with Gasteiger partial charge in [0.05, 0.1) is 18.7 Å². The highest BCUT2D eigenvalue weighted by molar-refractivity contribution is 7.89. The predicted molar refractivity (Wildman–Crippen MR) is 77.4 cm³/mol. The molecule has 2 heterocycles. The highest BCUT2D eigenvalue weighted by Crippen LogP contribution is 2.39. The van der Waals surface area contributed by atoms with Gasteiger partial charge in [-0.15, -0.1) is 0 Å². The Labute approximate surface area is 125 Å². The van der Waals surface area contributed by atoms with E-state index in [4.69, 9.17) is 9.15 Å². The van der Waals surface area contributed by atoms with Crippen molar-refractivity contribution in [3.63, 3.8) is 0 Å². The highest BCUT2D eigenvalue weighted by Gasteiger charge is 2.42. The van der Waals surface area contributed by atoms with Crippen LogP contribution in [0.1, 0.15) is 30.8 Å². The normalized spacial score (nSPS) is 26.4. The summed E-state index contributed by atoms with van der Waals surface area (Å²) in [4.78, 5) is 0.231. The zero-order valence-corrected chi connectivity index (χ0v) is 13.2. The Morgan fingerprint density at radius 3 is 2.76 bits per heavy atom. The molecular formula is C14H22N2O4S. The SMILES string of the molecule is CNCc1cc(S(=O)(=O)NC2CCOC2C2CC2)c(C)o1. The van der Waals surface area contributed by atoms with Gasteiger partial charge in [0.2, 0.25) is 10.0 Å². The summed E-state index contributed by atoms with van der Waals surface area (Å²) in [7, 11) is -1.77. The van der Waals surface area contributed by atoms with Gasteiger partial charge in [0, 0.05) is 12.7 Å². The van der Waals surface area contributed by atoms with E-state index in [2.05, 4.69) is 10.0 Å². The summed E-state index contributed by atoms with van der Waals surface area (Å²) in [6.45, 7) is 2.81. The van der Waals surface area contributed by atoms with E-state index in [9.17, 15) is 8.42 Å². The van der Waals surface area contributed by atoms with E-state index < -0.39 is 10.0 Å². The van der Waals surface area contributed by atoms with Gasteiger partial charge in [-0.1, -0.05) is 0 Å². The number of ether oxygens (including phenoxy) is 1. The molecule has 21 heavy (non-hydrogen) atoms. The molecule has 1 saturated heterocycles. The highest BCUT2D eigenvalue weighted by atomic mass is 32.2. The van der Waals surface area contributed by atoms with Crippen molar-refractivity contribution >= 4 is 10.0 Å². The summed E-state index contributed by atoms with van der Waals surface area (Å²) < 4.78 is 39.1. The van der Waals surface area contributed by atoms with Crippen LogP contribution in [-0.2, 0) is 21.3 Å². The number of hydrogen-bond donors (Lipinski definition) is 2. The van der Waals surface area contributed by atoms with Crippen molar-refractivity contribution in [3.8, 4) is 0 Å². The molecule has 7 heteroatoms. The van der Waals surface area contributed by atoms with Crippen LogP contribution in [-0.4, -0.2) is 34.2 Å². The Morgan fingerprint density at radius 1 is 1.33 bits per heavy atom. The van der Waals surface area contributed by atoms with Crippen LogP contribution in [0.15, 0.2) is 15.4 Å². The Bertz CT molecular complexity index is 606. The number of nitrogens with one attached hydrogen (secondary N) is 2. The predicted octanol–water partition coefficient (Wildman–Crippen LogP) is 1.15. The van der Waals surface area contributed by atoms with Gasteiger partial charge in [-0.3, -0.25) is 0 Å². The molecule has 118 valence electrons. The Balaban J connectivity index is 1.76. The minimum absolute atomic E-state index is 0.0313. The molecule has 1 aliphatic heterocycles. The maximum absolute atomic E-state index is 12.6. The van der Waals surface area contributed by atoms with Gasteiger partial charge >= 0.3 is 0 Å². The molecule has 0 spiro atoms. The average molecular weight is 314 g/mol. The molecule has 6 nitrogen and oxygen atoms in total. The minimum atomic E-state index is -3.56. The van der Waals surface area contributed by atoms with Crippen LogP contribution >= 0.6 is 0 Å². The van der Waals surface area contributed by atoms with Crippen molar-refractivity contribution < 1.29 is 17.6 Å². The van der Waals surface area contributed by atoms with E-state index in [1.165, 1.54) is 0 Å². The smallest absolute Gasteiger partial charge is 0.244 e. The molecular weight excluding hydrogens is 292 g/mol. The summed E-state index contributed by atoms with van der Waals surface area (Å²) in [6, 6.07) is 1.47. The second kappa shape index (κ2) is 5.72. The van der Waals surface area contributed by atoms with Gasteiger partial charge in [0.15, 0.2) is 0 Å². The molecule has 0 bridgehead atoms. The first kappa shape index (κ1) is 15.0. The summed E-state index contributed by atoms with van der Waals surface area (Å²) in [5.74, 6) is 1.57. The zero-order chi connectivity index (χ0) is 15.0. The average Bonchev–Trinajstić information content (AvgIpc) is 3.04. The van der Waals surface area contributed by atoms with E-state index in [-0.39, 0.29) is 17.0 Å². The second-order valence-electron chi connectivity index (χ2n) is 5.85.